The number of aromatic amines is 1. The van der Waals surface area contributed by atoms with Crippen LogP contribution < -0.4 is 16.3 Å². The molecule has 1 unspecified atom stereocenters. The number of fused-ring (bicyclic) bond motifs is 2. The van der Waals surface area contributed by atoms with E-state index in [1.165, 1.54) is 18.5 Å². The minimum Gasteiger partial charge on any atom is -0.346 e. The number of anilines is 1. The summed E-state index contributed by atoms with van der Waals surface area (Å²) >= 11 is 13.3. The monoisotopic (exact) mass is 477 g/mol. The number of rotatable bonds is 4. The van der Waals surface area contributed by atoms with Gasteiger partial charge in [-0.2, -0.15) is 4.98 Å². The fraction of sp³-hybridized carbons (Fsp3) is 0.0833. The lowest BCUT2D eigenvalue weighted by Gasteiger charge is -2.23. The van der Waals surface area contributed by atoms with Crippen molar-refractivity contribution in [3.05, 3.63) is 103 Å². The number of aromatic nitrogens is 4. The number of hydrogen-bond acceptors (Lipinski definition) is 5. The van der Waals surface area contributed by atoms with E-state index in [0.29, 0.717) is 43.2 Å². The first-order valence-electron chi connectivity index (χ1n) is 10.1. The Balaban J connectivity index is 1.71. The molecule has 0 radical (unpaired) electrons. The van der Waals surface area contributed by atoms with Gasteiger partial charge in [0.05, 0.1) is 32.6 Å². The molecule has 0 aliphatic rings. The molecule has 0 aliphatic heterocycles. The predicted molar refractivity (Wildman–Crippen MR) is 132 cm³/mol. The third kappa shape index (κ3) is 3.65. The van der Waals surface area contributed by atoms with Gasteiger partial charge in [0.25, 0.3) is 5.56 Å². The number of nitrogens with one attached hydrogen (secondary N) is 2. The van der Waals surface area contributed by atoms with Gasteiger partial charge in [-0.15, -0.1) is 0 Å². The Morgan fingerprint density at radius 2 is 1.79 bits per heavy atom. The van der Waals surface area contributed by atoms with Crippen LogP contribution in [0.1, 0.15) is 18.7 Å². The fourth-order valence-corrected chi connectivity index (χ4v) is 4.55. The molecule has 0 bridgehead atoms. The molecule has 3 heterocycles. The number of H-pyrrole nitrogens is 1. The smallest absolute Gasteiger partial charge is 0.264 e. The molecule has 0 saturated heterocycles. The molecule has 5 rings (SSSR count). The van der Waals surface area contributed by atoms with Gasteiger partial charge in [0.2, 0.25) is 5.95 Å². The maximum Gasteiger partial charge on any atom is 0.264 e. The summed E-state index contributed by atoms with van der Waals surface area (Å²) in [5.41, 5.74) is 1.14. The van der Waals surface area contributed by atoms with Crippen molar-refractivity contribution < 1.29 is 0 Å². The summed E-state index contributed by atoms with van der Waals surface area (Å²) in [6.07, 6.45) is 2.99. The molecular formula is C24H17Cl2N5O2. The number of benzene rings is 2. The van der Waals surface area contributed by atoms with Crippen molar-refractivity contribution in [3.8, 4) is 5.69 Å². The van der Waals surface area contributed by atoms with E-state index in [4.69, 9.17) is 23.2 Å². The fourth-order valence-electron chi connectivity index (χ4n) is 3.89. The maximum absolute atomic E-state index is 13.6. The standard InChI is InChI=1S/C24H17Cl2N5O2/c1-13(29-24-28-12-16-18(32)10-11-27-22(16)30-24)21-20(26)15-8-5-9-17(25)19(15)23(33)31(21)14-6-3-2-4-7-14/h2-13H,1H3,(H2,27,28,29,30,32). The molecule has 0 saturated carbocycles. The van der Waals surface area contributed by atoms with Crippen molar-refractivity contribution in [3.63, 3.8) is 0 Å². The highest BCUT2D eigenvalue weighted by atomic mass is 35.5. The Morgan fingerprint density at radius 3 is 2.58 bits per heavy atom. The maximum atomic E-state index is 13.6. The molecule has 2 aromatic carbocycles. The highest BCUT2D eigenvalue weighted by Crippen LogP contribution is 2.34. The molecular weight excluding hydrogens is 461 g/mol. The van der Waals surface area contributed by atoms with Crippen LogP contribution in [0.15, 0.2) is 76.6 Å². The zero-order valence-electron chi connectivity index (χ0n) is 17.3. The van der Waals surface area contributed by atoms with Gasteiger partial charge in [-0.1, -0.05) is 53.5 Å². The van der Waals surface area contributed by atoms with Crippen LogP contribution in [0, 0.1) is 0 Å². The van der Waals surface area contributed by atoms with Gasteiger partial charge in [0.15, 0.2) is 5.43 Å². The van der Waals surface area contributed by atoms with E-state index in [-0.39, 0.29) is 16.9 Å². The zero-order chi connectivity index (χ0) is 23.1. The number of halogens is 2. The number of hydrogen-bond donors (Lipinski definition) is 2. The van der Waals surface area contributed by atoms with E-state index >= 15 is 0 Å². The molecule has 1 atom stereocenters. The van der Waals surface area contributed by atoms with Crippen LogP contribution >= 0.6 is 23.2 Å². The summed E-state index contributed by atoms with van der Waals surface area (Å²) in [4.78, 5) is 37.2. The van der Waals surface area contributed by atoms with E-state index in [2.05, 4.69) is 20.3 Å². The molecule has 164 valence electrons. The molecule has 0 aliphatic carbocycles. The van der Waals surface area contributed by atoms with Gasteiger partial charge in [-0.05, 0) is 25.1 Å². The summed E-state index contributed by atoms with van der Waals surface area (Å²) in [6, 6.07) is 15.4. The summed E-state index contributed by atoms with van der Waals surface area (Å²) in [7, 11) is 0. The number of pyridine rings is 2. The summed E-state index contributed by atoms with van der Waals surface area (Å²) in [5, 5.41) is 5.23. The average Bonchev–Trinajstić information content (AvgIpc) is 2.81. The van der Waals surface area contributed by atoms with Crippen LogP contribution in [0.3, 0.4) is 0 Å². The highest BCUT2D eigenvalue weighted by molar-refractivity contribution is 6.40. The molecule has 33 heavy (non-hydrogen) atoms. The molecule has 3 aromatic heterocycles. The minimum absolute atomic E-state index is 0.171. The van der Waals surface area contributed by atoms with Gasteiger partial charge >= 0.3 is 0 Å². The molecule has 0 amide bonds. The van der Waals surface area contributed by atoms with E-state index in [9.17, 15) is 9.59 Å². The lowest BCUT2D eigenvalue weighted by molar-refractivity contribution is 0.769. The molecule has 0 fully saturated rings. The van der Waals surface area contributed by atoms with Gasteiger partial charge in [0, 0.05) is 29.5 Å². The molecule has 9 heteroatoms. The largest absolute Gasteiger partial charge is 0.346 e. The quantitative estimate of drug-likeness (QED) is 0.375. The third-order valence-electron chi connectivity index (χ3n) is 5.41. The Bertz CT molecular complexity index is 1630. The Hall–Kier alpha value is -3.68. The summed E-state index contributed by atoms with van der Waals surface area (Å²) in [6.45, 7) is 1.86. The first-order chi connectivity index (χ1) is 16.0. The minimum atomic E-state index is -0.471. The van der Waals surface area contributed by atoms with E-state index in [1.54, 1.807) is 22.8 Å². The summed E-state index contributed by atoms with van der Waals surface area (Å²) in [5.74, 6) is 0.283. The van der Waals surface area contributed by atoms with Gasteiger partial charge in [-0.3, -0.25) is 14.2 Å². The third-order valence-corrected chi connectivity index (χ3v) is 6.12. The lowest BCUT2D eigenvalue weighted by atomic mass is 10.1. The predicted octanol–water partition coefficient (Wildman–Crippen LogP) is 5.10. The van der Waals surface area contributed by atoms with Gasteiger partial charge < -0.3 is 10.3 Å². The first kappa shape index (κ1) is 21.2. The van der Waals surface area contributed by atoms with Crippen LogP contribution in [0.5, 0.6) is 0 Å². The van der Waals surface area contributed by atoms with Crippen molar-refractivity contribution in [1.29, 1.82) is 0 Å². The first-order valence-corrected chi connectivity index (χ1v) is 10.9. The second kappa shape index (κ2) is 8.35. The Morgan fingerprint density at radius 1 is 1.00 bits per heavy atom. The van der Waals surface area contributed by atoms with Gasteiger partial charge in [-0.25, -0.2) is 4.98 Å². The number of nitrogens with zero attached hydrogens (tertiary/aromatic N) is 3. The SMILES string of the molecule is CC(Nc1ncc2c(=O)cc[nH]c2n1)c1c(Cl)c2cccc(Cl)c2c(=O)n1-c1ccccc1. The van der Waals surface area contributed by atoms with Gasteiger partial charge in [0.1, 0.15) is 5.65 Å². The molecule has 2 N–H and O–H groups in total. The van der Waals surface area contributed by atoms with Crippen molar-refractivity contribution in [2.45, 2.75) is 13.0 Å². The summed E-state index contributed by atoms with van der Waals surface area (Å²) < 4.78 is 1.55. The van der Waals surface area contributed by atoms with E-state index < -0.39 is 6.04 Å². The zero-order valence-corrected chi connectivity index (χ0v) is 18.9. The molecule has 5 aromatic rings. The van der Waals surface area contributed by atoms with Crippen molar-refractivity contribution in [1.82, 2.24) is 19.5 Å². The molecule has 0 spiro atoms. The van der Waals surface area contributed by atoms with Crippen molar-refractivity contribution in [2.75, 3.05) is 5.32 Å². The second-order valence-corrected chi connectivity index (χ2v) is 8.29. The second-order valence-electron chi connectivity index (χ2n) is 7.50. The van der Waals surface area contributed by atoms with Crippen LogP contribution in [-0.2, 0) is 0 Å². The van der Waals surface area contributed by atoms with Crippen LogP contribution in [0.4, 0.5) is 5.95 Å². The highest BCUT2D eigenvalue weighted by Gasteiger charge is 2.23. The lowest BCUT2D eigenvalue weighted by Crippen LogP contribution is -2.26. The van der Waals surface area contributed by atoms with E-state index in [1.807, 2.05) is 37.3 Å². The number of para-hydroxylation sites is 1. The van der Waals surface area contributed by atoms with Crippen LogP contribution in [0.25, 0.3) is 27.5 Å². The van der Waals surface area contributed by atoms with Crippen molar-refractivity contribution in [2.24, 2.45) is 0 Å². The Kier molecular flexibility index (Phi) is 5.36. The topological polar surface area (TPSA) is 92.7 Å². The molecule has 7 nitrogen and oxygen atoms in total. The van der Waals surface area contributed by atoms with E-state index in [0.717, 1.165) is 0 Å². The van der Waals surface area contributed by atoms with Crippen LogP contribution in [-0.4, -0.2) is 19.5 Å². The normalized spacial score (nSPS) is 12.2. The average molecular weight is 478 g/mol. The Labute approximate surface area is 197 Å². The van der Waals surface area contributed by atoms with Crippen molar-refractivity contribution >= 4 is 51.0 Å². The van der Waals surface area contributed by atoms with Crippen LogP contribution in [0.2, 0.25) is 10.0 Å².